The standard InChI is InChI=1S/C9H17N3O2/c13-9(11-7-1-3-10-5-7)12-8-2-4-14-6-8/h7-8,10H,1-6H2,(H2,11,12,13). The number of carbonyl (C=O) groups excluding carboxylic acids is 1. The van der Waals surface area contributed by atoms with Gasteiger partial charge in [0.05, 0.1) is 12.6 Å². The van der Waals surface area contributed by atoms with Gasteiger partial charge in [-0.25, -0.2) is 4.79 Å². The molecule has 2 heterocycles. The van der Waals surface area contributed by atoms with Gasteiger partial charge in [-0.2, -0.15) is 0 Å². The van der Waals surface area contributed by atoms with E-state index in [4.69, 9.17) is 4.74 Å². The van der Waals surface area contributed by atoms with Crippen LogP contribution in [-0.2, 0) is 4.74 Å². The summed E-state index contributed by atoms with van der Waals surface area (Å²) in [4.78, 5) is 11.4. The quantitative estimate of drug-likeness (QED) is 0.558. The summed E-state index contributed by atoms with van der Waals surface area (Å²) in [6.45, 7) is 3.29. The molecule has 2 aliphatic heterocycles. The summed E-state index contributed by atoms with van der Waals surface area (Å²) in [5.41, 5.74) is 0. The van der Waals surface area contributed by atoms with Crippen LogP contribution in [0.4, 0.5) is 4.79 Å². The fourth-order valence-electron chi connectivity index (χ4n) is 1.84. The van der Waals surface area contributed by atoms with Crippen LogP contribution in [0.25, 0.3) is 0 Å². The minimum absolute atomic E-state index is 0.0609. The highest BCUT2D eigenvalue weighted by Crippen LogP contribution is 2.03. The third-order valence-electron chi connectivity index (χ3n) is 2.66. The lowest BCUT2D eigenvalue weighted by molar-refractivity contribution is 0.188. The van der Waals surface area contributed by atoms with E-state index in [1.807, 2.05) is 0 Å². The van der Waals surface area contributed by atoms with Crippen LogP contribution in [-0.4, -0.2) is 44.4 Å². The first-order chi connectivity index (χ1) is 6.84. The second kappa shape index (κ2) is 4.61. The third-order valence-corrected chi connectivity index (χ3v) is 2.66. The maximum Gasteiger partial charge on any atom is 0.315 e. The van der Waals surface area contributed by atoms with Crippen molar-refractivity contribution < 1.29 is 9.53 Å². The molecule has 0 bridgehead atoms. The highest BCUT2D eigenvalue weighted by atomic mass is 16.5. The summed E-state index contributed by atoms with van der Waals surface area (Å²) >= 11 is 0. The molecule has 2 amide bonds. The van der Waals surface area contributed by atoms with E-state index >= 15 is 0 Å². The molecule has 5 heteroatoms. The lowest BCUT2D eigenvalue weighted by Crippen LogP contribution is -2.47. The minimum atomic E-state index is -0.0609. The second-order valence-electron chi connectivity index (χ2n) is 3.87. The molecule has 5 nitrogen and oxygen atoms in total. The molecule has 0 saturated carbocycles. The van der Waals surface area contributed by atoms with Crippen LogP contribution in [0.2, 0.25) is 0 Å². The van der Waals surface area contributed by atoms with Gasteiger partial charge in [-0.1, -0.05) is 0 Å². The van der Waals surface area contributed by atoms with Gasteiger partial charge in [-0.05, 0) is 19.4 Å². The Labute approximate surface area is 83.6 Å². The van der Waals surface area contributed by atoms with Crippen molar-refractivity contribution in [1.29, 1.82) is 0 Å². The topological polar surface area (TPSA) is 62.4 Å². The summed E-state index contributed by atoms with van der Waals surface area (Å²) in [6, 6.07) is 0.427. The van der Waals surface area contributed by atoms with Crippen molar-refractivity contribution in [1.82, 2.24) is 16.0 Å². The van der Waals surface area contributed by atoms with E-state index in [1.165, 1.54) is 0 Å². The molecule has 14 heavy (non-hydrogen) atoms. The van der Waals surface area contributed by atoms with Crippen molar-refractivity contribution in [3.8, 4) is 0 Å². The molecule has 0 radical (unpaired) electrons. The molecule has 3 N–H and O–H groups in total. The number of hydrogen-bond donors (Lipinski definition) is 3. The van der Waals surface area contributed by atoms with Gasteiger partial charge in [0.25, 0.3) is 0 Å². The molecule has 2 saturated heterocycles. The first-order valence-corrected chi connectivity index (χ1v) is 5.20. The van der Waals surface area contributed by atoms with Crippen LogP contribution >= 0.6 is 0 Å². The van der Waals surface area contributed by atoms with E-state index in [-0.39, 0.29) is 18.1 Å². The summed E-state index contributed by atoms with van der Waals surface area (Å²) in [6.07, 6.45) is 1.95. The van der Waals surface area contributed by atoms with Crippen molar-refractivity contribution in [2.24, 2.45) is 0 Å². The molecule has 0 aliphatic carbocycles. The SMILES string of the molecule is O=C(NC1CCNC1)NC1CCOC1. The van der Waals surface area contributed by atoms with Crippen molar-refractivity contribution in [2.75, 3.05) is 26.3 Å². The van der Waals surface area contributed by atoms with Gasteiger partial charge < -0.3 is 20.7 Å². The van der Waals surface area contributed by atoms with E-state index in [0.29, 0.717) is 6.61 Å². The van der Waals surface area contributed by atoms with Crippen LogP contribution in [0.3, 0.4) is 0 Å². The van der Waals surface area contributed by atoms with Crippen LogP contribution in [0, 0.1) is 0 Å². The zero-order valence-corrected chi connectivity index (χ0v) is 8.21. The highest BCUT2D eigenvalue weighted by molar-refractivity contribution is 5.74. The first-order valence-electron chi connectivity index (χ1n) is 5.20. The molecule has 2 fully saturated rings. The number of amides is 2. The molecule has 0 aromatic rings. The van der Waals surface area contributed by atoms with Crippen LogP contribution in [0.15, 0.2) is 0 Å². The van der Waals surface area contributed by atoms with E-state index < -0.39 is 0 Å². The average molecular weight is 199 g/mol. The van der Waals surface area contributed by atoms with Gasteiger partial charge in [-0.15, -0.1) is 0 Å². The molecule has 2 unspecified atom stereocenters. The number of carbonyl (C=O) groups is 1. The van der Waals surface area contributed by atoms with E-state index in [1.54, 1.807) is 0 Å². The molecule has 2 rings (SSSR count). The Morgan fingerprint density at radius 3 is 2.79 bits per heavy atom. The van der Waals surface area contributed by atoms with Crippen molar-refractivity contribution in [3.63, 3.8) is 0 Å². The third kappa shape index (κ3) is 2.59. The van der Waals surface area contributed by atoms with Crippen LogP contribution in [0.5, 0.6) is 0 Å². The van der Waals surface area contributed by atoms with Crippen LogP contribution in [0.1, 0.15) is 12.8 Å². The molecular weight excluding hydrogens is 182 g/mol. The molecular formula is C9H17N3O2. The Balaban J connectivity index is 1.66. The summed E-state index contributed by atoms with van der Waals surface area (Å²) < 4.78 is 5.17. The van der Waals surface area contributed by atoms with Gasteiger partial charge in [0, 0.05) is 19.2 Å². The lowest BCUT2D eigenvalue weighted by atomic mass is 10.2. The van der Waals surface area contributed by atoms with Gasteiger partial charge in [0.1, 0.15) is 0 Å². The molecule has 0 aromatic carbocycles. The Bertz CT molecular complexity index is 178. The summed E-state index contributed by atoms with van der Waals surface area (Å²) in [7, 11) is 0. The number of ether oxygens (including phenoxy) is 1. The van der Waals surface area contributed by atoms with E-state index in [2.05, 4.69) is 16.0 Å². The number of nitrogens with one attached hydrogen (secondary N) is 3. The molecule has 0 spiro atoms. The average Bonchev–Trinajstić information content (AvgIpc) is 2.76. The van der Waals surface area contributed by atoms with Gasteiger partial charge in [0.15, 0.2) is 0 Å². The fraction of sp³-hybridized carbons (Fsp3) is 0.889. The first kappa shape index (κ1) is 9.73. The lowest BCUT2D eigenvalue weighted by Gasteiger charge is -2.15. The van der Waals surface area contributed by atoms with Gasteiger partial charge in [0.2, 0.25) is 0 Å². The highest BCUT2D eigenvalue weighted by Gasteiger charge is 2.20. The summed E-state index contributed by atoms with van der Waals surface area (Å²) in [5.74, 6) is 0. The summed E-state index contributed by atoms with van der Waals surface area (Å²) in [5, 5.41) is 9.04. The van der Waals surface area contributed by atoms with Crippen molar-refractivity contribution in [3.05, 3.63) is 0 Å². The smallest absolute Gasteiger partial charge is 0.315 e. The zero-order valence-electron chi connectivity index (χ0n) is 8.21. The van der Waals surface area contributed by atoms with Gasteiger partial charge >= 0.3 is 6.03 Å². The Hall–Kier alpha value is -0.810. The Kier molecular flexibility index (Phi) is 3.21. The molecule has 2 atom stereocenters. The van der Waals surface area contributed by atoms with E-state index in [0.717, 1.165) is 32.5 Å². The van der Waals surface area contributed by atoms with Crippen LogP contribution < -0.4 is 16.0 Å². The predicted octanol–water partition coefficient (Wildman–Crippen LogP) is -0.564. The fourth-order valence-corrected chi connectivity index (χ4v) is 1.84. The number of rotatable bonds is 2. The van der Waals surface area contributed by atoms with Crippen molar-refractivity contribution >= 4 is 6.03 Å². The number of hydrogen-bond acceptors (Lipinski definition) is 3. The minimum Gasteiger partial charge on any atom is -0.379 e. The Morgan fingerprint density at radius 2 is 2.14 bits per heavy atom. The van der Waals surface area contributed by atoms with E-state index in [9.17, 15) is 4.79 Å². The predicted molar refractivity (Wildman–Crippen MR) is 52.2 cm³/mol. The largest absolute Gasteiger partial charge is 0.379 e. The molecule has 80 valence electrons. The normalized spacial score (nSPS) is 31.7. The Morgan fingerprint density at radius 1 is 1.29 bits per heavy atom. The maximum atomic E-state index is 11.4. The van der Waals surface area contributed by atoms with Gasteiger partial charge in [-0.3, -0.25) is 0 Å². The monoisotopic (exact) mass is 199 g/mol. The zero-order chi connectivity index (χ0) is 9.80. The van der Waals surface area contributed by atoms with Crippen molar-refractivity contribution in [2.45, 2.75) is 24.9 Å². The number of urea groups is 1. The molecule has 2 aliphatic rings. The second-order valence-corrected chi connectivity index (χ2v) is 3.87. The maximum absolute atomic E-state index is 11.4. The molecule has 0 aromatic heterocycles.